The van der Waals surface area contributed by atoms with E-state index in [4.69, 9.17) is 1.37 Å². The molecule has 0 saturated carbocycles. The van der Waals surface area contributed by atoms with E-state index in [1.54, 1.807) is 6.07 Å². The second-order valence-corrected chi connectivity index (χ2v) is 4.57. The van der Waals surface area contributed by atoms with Crippen LogP contribution >= 0.6 is 0 Å². The molecule has 1 aromatic carbocycles. The number of rotatable bonds is 1. The van der Waals surface area contributed by atoms with Crippen molar-refractivity contribution in [3.8, 4) is 0 Å². The minimum Gasteiger partial charge on any atom is -0.369 e. The lowest BCUT2D eigenvalue weighted by molar-refractivity contribution is -0.123. The summed E-state index contributed by atoms with van der Waals surface area (Å²) in [6, 6.07) is 7.89. The molecule has 2 saturated heterocycles. The molecule has 4 nitrogen and oxygen atoms in total. The Balaban J connectivity index is 1.84. The molecule has 1 aromatic rings. The van der Waals surface area contributed by atoms with Gasteiger partial charge in [-0.05, 0) is 18.6 Å². The van der Waals surface area contributed by atoms with Crippen molar-refractivity contribution in [1.29, 1.82) is 0 Å². The molecule has 1 atom stereocenters. The van der Waals surface area contributed by atoms with Crippen molar-refractivity contribution < 1.29 is 6.17 Å². The number of anilines is 1. The van der Waals surface area contributed by atoms with Gasteiger partial charge in [0, 0.05) is 12.2 Å². The average Bonchev–Trinajstić information content (AvgIpc) is 2.85. The zero-order valence-corrected chi connectivity index (χ0v) is 9.49. The lowest BCUT2D eigenvalue weighted by Crippen LogP contribution is -2.48. The van der Waals surface area contributed by atoms with Crippen LogP contribution < -0.4 is 15.5 Å². The van der Waals surface area contributed by atoms with E-state index in [0.29, 0.717) is 18.4 Å². The van der Waals surface area contributed by atoms with Gasteiger partial charge in [-0.15, -0.1) is 0 Å². The molecule has 88 valence electrons. The smallest absolute Gasteiger partial charge is 0.253 e. The first-order valence-electron chi connectivity index (χ1n) is 6.19. The topological polar surface area (TPSA) is 44.4 Å². The number of hydrogen-bond acceptors (Lipinski definition) is 3. The highest BCUT2D eigenvalue weighted by molar-refractivity contribution is 5.92. The molecule has 0 aliphatic carbocycles. The van der Waals surface area contributed by atoms with Gasteiger partial charge in [0.1, 0.15) is 5.54 Å². The van der Waals surface area contributed by atoms with Crippen molar-refractivity contribution >= 4 is 11.6 Å². The number of hydrogen-bond donors (Lipinski definition) is 2. The van der Waals surface area contributed by atoms with E-state index in [0.717, 1.165) is 18.7 Å². The molecular formula is C13H15N3O. The molecule has 1 amide bonds. The monoisotopic (exact) mass is 231 g/mol. The largest absolute Gasteiger partial charge is 0.369 e. The molecule has 2 heterocycles. The van der Waals surface area contributed by atoms with Crippen LogP contribution in [0.2, 0.25) is 0 Å². The molecule has 3 rings (SSSR count). The lowest BCUT2D eigenvalue weighted by atomic mass is 9.99. The summed E-state index contributed by atoms with van der Waals surface area (Å²) in [5.41, 5.74) is 0.446. The van der Waals surface area contributed by atoms with E-state index in [-0.39, 0.29) is 5.91 Å². The third-order valence-corrected chi connectivity index (χ3v) is 3.41. The number of carbonyl (C=O) groups excluding carboxylic acids is 1. The fourth-order valence-electron chi connectivity index (χ4n) is 2.53. The first-order chi connectivity index (χ1) is 8.59. The van der Waals surface area contributed by atoms with Gasteiger partial charge in [-0.25, -0.2) is 0 Å². The second-order valence-electron chi connectivity index (χ2n) is 4.57. The summed E-state index contributed by atoms with van der Waals surface area (Å²) in [5.74, 6) is 0.577. The SMILES string of the molecule is [3H]c1cccc(N2CCC3(C2)NC(=C)NC3=O)c1. The minimum absolute atomic E-state index is 0.00275. The van der Waals surface area contributed by atoms with Crippen LogP contribution in [0.3, 0.4) is 0 Å². The van der Waals surface area contributed by atoms with Gasteiger partial charge in [0.2, 0.25) is 0 Å². The number of nitrogens with zero attached hydrogens (tertiary/aromatic N) is 1. The summed E-state index contributed by atoms with van der Waals surface area (Å²) < 4.78 is 7.64. The van der Waals surface area contributed by atoms with Crippen LogP contribution in [0.1, 0.15) is 7.79 Å². The van der Waals surface area contributed by atoms with Crippen LogP contribution in [0.25, 0.3) is 0 Å². The van der Waals surface area contributed by atoms with Gasteiger partial charge in [0.05, 0.1) is 13.7 Å². The van der Waals surface area contributed by atoms with Crippen LogP contribution in [0.15, 0.2) is 42.7 Å². The van der Waals surface area contributed by atoms with Crippen LogP contribution in [-0.4, -0.2) is 24.5 Å². The number of nitrogens with one attached hydrogen (secondary N) is 2. The molecule has 1 spiro atoms. The summed E-state index contributed by atoms with van der Waals surface area (Å²) >= 11 is 0. The quantitative estimate of drug-likeness (QED) is 0.752. The number of benzene rings is 1. The summed E-state index contributed by atoms with van der Waals surface area (Å²) in [5, 5.41) is 5.87. The average molecular weight is 231 g/mol. The Morgan fingerprint density at radius 3 is 3.06 bits per heavy atom. The van der Waals surface area contributed by atoms with Gasteiger partial charge in [-0.3, -0.25) is 4.79 Å². The van der Waals surface area contributed by atoms with Crippen LogP contribution in [0.5, 0.6) is 0 Å². The van der Waals surface area contributed by atoms with Gasteiger partial charge in [0.15, 0.2) is 0 Å². The third kappa shape index (κ3) is 1.56. The summed E-state index contributed by atoms with van der Waals surface area (Å²) in [6.07, 6.45) is 0.750. The van der Waals surface area contributed by atoms with Gasteiger partial charge >= 0.3 is 0 Å². The molecule has 2 N–H and O–H groups in total. The highest BCUT2D eigenvalue weighted by Crippen LogP contribution is 2.29. The van der Waals surface area contributed by atoms with E-state index in [1.165, 1.54) is 0 Å². The molecule has 1 unspecified atom stereocenters. The molecule has 4 heteroatoms. The van der Waals surface area contributed by atoms with Gasteiger partial charge in [-0.1, -0.05) is 24.8 Å². The second kappa shape index (κ2) is 3.52. The van der Waals surface area contributed by atoms with E-state index in [2.05, 4.69) is 22.1 Å². The van der Waals surface area contributed by atoms with Crippen molar-refractivity contribution in [1.82, 2.24) is 10.6 Å². The zero-order chi connectivity index (χ0) is 12.8. The molecular weight excluding hydrogens is 214 g/mol. The lowest BCUT2D eigenvalue weighted by Gasteiger charge is -2.23. The summed E-state index contributed by atoms with van der Waals surface area (Å²) in [7, 11) is 0. The fourth-order valence-corrected chi connectivity index (χ4v) is 2.53. The maximum absolute atomic E-state index is 12.0. The van der Waals surface area contributed by atoms with E-state index in [9.17, 15) is 4.79 Å². The Bertz CT molecular complexity index is 531. The fraction of sp³-hybridized carbons (Fsp3) is 0.308. The molecule has 2 aliphatic rings. The normalized spacial score (nSPS) is 28.2. The van der Waals surface area contributed by atoms with E-state index >= 15 is 0 Å². The predicted octanol–water partition coefficient (Wildman–Crippen LogP) is 0.826. The van der Waals surface area contributed by atoms with Gasteiger partial charge in [0.25, 0.3) is 5.91 Å². The first-order valence-corrected chi connectivity index (χ1v) is 5.69. The Hall–Kier alpha value is -1.97. The van der Waals surface area contributed by atoms with Crippen LogP contribution in [0, 0.1) is 0 Å². The first kappa shape index (κ1) is 9.10. The molecule has 0 radical (unpaired) electrons. The van der Waals surface area contributed by atoms with Gasteiger partial charge < -0.3 is 15.5 Å². The Morgan fingerprint density at radius 1 is 1.47 bits per heavy atom. The Morgan fingerprint density at radius 2 is 2.35 bits per heavy atom. The standard InChI is InChI=1S/C13H15N3O/c1-10-14-12(17)13(15-10)7-8-16(9-13)11-5-3-2-4-6-11/h2-6,15H,1,7-9H2,(H,14,17)/i3T. The van der Waals surface area contributed by atoms with Crippen LogP contribution in [0.4, 0.5) is 5.69 Å². The highest BCUT2D eigenvalue weighted by Gasteiger charge is 2.48. The maximum Gasteiger partial charge on any atom is 0.253 e. The maximum atomic E-state index is 12.0. The third-order valence-electron chi connectivity index (χ3n) is 3.41. The molecule has 0 bridgehead atoms. The van der Waals surface area contributed by atoms with Crippen molar-refractivity contribution in [2.75, 3.05) is 18.0 Å². The summed E-state index contributed by atoms with van der Waals surface area (Å²) in [4.78, 5) is 14.1. The Kier molecular flexibility index (Phi) is 1.88. The minimum atomic E-state index is -0.547. The molecule has 0 aromatic heterocycles. The van der Waals surface area contributed by atoms with Crippen LogP contribution in [-0.2, 0) is 4.79 Å². The van der Waals surface area contributed by atoms with Crippen molar-refractivity contribution in [2.24, 2.45) is 0 Å². The predicted molar refractivity (Wildman–Crippen MR) is 66.4 cm³/mol. The van der Waals surface area contributed by atoms with Crippen molar-refractivity contribution in [3.63, 3.8) is 0 Å². The van der Waals surface area contributed by atoms with Crippen molar-refractivity contribution in [3.05, 3.63) is 42.7 Å². The number of para-hydroxylation sites is 1. The molecule has 2 fully saturated rings. The van der Waals surface area contributed by atoms with E-state index in [1.807, 2.05) is 18.2 Å². The van der Waals surface area contributed by atoms with E-state index < -0.39 is 5.54 Å². The van der Waals surface area contributed by atoms with Crippen molar-refractivity contribution in [2.45, 2.75) is 12.0 Å². The Labute approximate surface area is 102 Å². The number of amides is 1. The summed E-state index contributed by atoms with van der Waals surface area (Å²) in [6.45, 7) is 5.16. The highest BCUT2D eigenvalue weighted by atomic mass is 16.2. The zero-order valence-electron chi connectivity index (χ0n) is 10.5. The molecule has 17 heavy (non-hydrogen) atoms. The number of carbonyl (C=O) groups is 1. The molecule has 2 aliphatic heterocycles. The van der Waals surface area contributed by atoms with Gasteiger partial charge in [-0.2, -0.15) is 0 Å².